The second-order valence-corrected chi connectivity index (χ2v) is 2.82. The summed E-state index contributed by atoms with van der Waals surface area (Å²) in [4.78, 5) is 12.4. The summed E-state index contributed by atoms with van der Waals surface area (Å²) in [5, 5.41) is 0. The first-order chi connectivity index (χ1) is 5.77. The van der Waals surface area contributed by atoms with Gasteiger partial charge in [0.05, 0.1) is 11.7 Å². The summed E-state index contributed by atoms with van der Waals surface area (Å²) in [5.74, 6) is 0. The molecule has 2 aromatic rings. The van der Waals surface area contributed by atoms with E-state index >= 15 is 0 Å². The number of hydrogen-bond donors (Lipinski definition) is 0. The Morgan fingerprint density at radius 3 is 2.83 bits per heavy atom. The smallest absolute Gasteiger partial charge is 0.116 e. The van der Waals surface area contributed by atoms with Gasteiger partial charge in [-0.3, -0.25) is 0 Å². The minimum atomic E-state index is 0.862. The highest BCUT2D eigenvalue weighted by atomic mass is 14.9. The minimum absolute atomic E-state index is 0.862. The van der Waals surface area contributed by atoms with Gasteiger partial charge >= 0.3 is 0 Å². The van der Waals surface area contributed by atoms with Gasteiger partial charge in [0.1, 0.15) is 11.8 Å². The van der Waals surface area contributed by atoms with Gasteiger partial charge in [-0.2, -0.15) is 0 Å². The van der Waals surface area contributed by atoms with Crippen molar-refractivity contribution in [3.8, 4) is 0 Å². The maximum atomic E-state index is 4.35. The van der Waals surface area contributed by atoms with Crippen LogP contribution in [0.5, 0.6) is 0 Å². The maximum absolute atomic E-state index is 4.35. The minimum Gasteiger partial charge on any atom is -0.250 e. The summed E-state index contributed by atoms with van der Waals surface area (Å²) < 4.78 is 0. The molecule has 0 aliphatic carbocycles. The van der Waals surface area contributed by atoms with Crippen molar-refractivity contribution in [2.24, 2.45) is 0 Å². The van der Waals surface area contributed by atoms with E-state index < -0.39 is 0 Å². The second kappa shape index (κ2) is 2.52. The van der Waals surface area contributed by atoms with Crippen LogP contribution in [0.2, 0.25) is 0 Å². The van der Waals surface area contributed by atoms with Gasteiger partial charge in [0.15, 0.2) is 0 Å². The lowest BCUT2D eigenvalue weighted by Crippen LogP contribution is -1.90. The van der Waals surface area contributed by atoms with Gasteiger partial charge in [-0.1, -0.05) is 0 Å². The predicted molar refractivity (Wildman–Crippen MR) is 46.8 cm³/mol. The molecule has 0 aromatic carbocycles. The number of aryl methyl sites for hydroxylation is 2. The number of pyridine rings is 1. The first-order valence-corrected chi connectivity index (χ1v) is 3.81. The first kappa shape index (κ1) is 7.16. The lowest BCUT2D eigenvalue weighted by Gasteiger charge is -2.00. The third-order valence-corrected chi connectivity index (χ3v) is 1.93. The van der Waals surface area contributed by atoms with Gasteiger partial charge < -0.3 is 0 Å². The molecule has 0 fully saturated rings. The molecule has 3 heteroatoms. The zero-order valence-corrected chi connectivity index (χ0v) is 7.07. The molecule has 0 N–H and O–H groups in total. The largest absolute Gasteiger partial charge is 0.250 e. The molecule has 0 unspecified atom stereocenters. The van der Waals surface area contributed by atoms with Gasteiger partial charge in [0.25, 0.3) is 0 Å². The molecular formula is C9H9N3. The third-order valence-electron chi connectivity index (χ3n) is 1.93. The fraction of sp³-hybridized carbons (Fsp3) is 0.222. The Bertz CT molecular complexity index is 383. The molecule has 0 aliphatic rings. The van der Waals surface area contributed by atoms with Crippen LogP contribution in [0, 0.1) is 13.8 Å². The van der Waals surface area contributed by atoms with Crippen molar-refractivity contribution >= 4 is 11.0 Å². The summed E-state index contributed by atoms with van der Waals surface area (Å²) in [6, 6.07) is 2.03. The normalized spacial score (nSPS) is 10.5. The lowest BCUT2D eigenvalue weighted by molar-refractivity contribution is 1.14. The van der Waals surface area contributed by atoms with Crippen molar-refractivity contribution in [1.29, 1.82) is 0 Å². The molecule has 0 aliphatic heterocycles. The maximum Gasteiger partial charge on any atom is 0.116 e. The van der Waals surface area contributed by atoms with E-state index in [1.54, 1.807) is 12.5 Å². The first-order valence-electron chi connectivity index (χ1n) is 3.81. The van der Waals surface area contributed by atoms with E-state index in [0.717, 1.165) is 16.7 Å². The SMILES string of the molecule is Cc1cc2ncncc2nc1C. The lowest BCUT2D eigenvalue weighted by atomic mass is 10.2. The van der Waals surface area contributed by atoms with Crippen LogP contribution < -0.4 is 0 Å². The van der Waals surface area contributed by atoms with Crippen LogP contribution in [-0.4, -0.2) is 15.0 Å². The highest BCUT2D eigenvalue weighted by molar-refractivity contribution is 5.73. The van der Waals surface area contributed by atoms with Crippen LogP contribution in [0.25, 0.3) is 11.0 Å². The van der Waals surface area contributed by atoms with Crippen molar-refractivity contribution in [2.45, 2.75) is 13.8 Å². The molecule has 0 radical (unpaired) electrons. The van der Waals surface area contributed by atoms with E-state index in [2.05, 4.69) is 15.0 Å². The summed E-state index contributed by atoms with van der Waals surface area (Å²) in [6.07, 6.45) is 3.27. The number of hydrogen-bond acceptors (Lipinski definition) is 3. The van der Waals surface area contributed by atoms with E-state index in [4.69, 9.17) is 0 Å². The Labute approximate surface area is 70.5 Å². The monoisotopic (exact) mass is 159 g/mol. The third kappa shape index (κ3) is 1.03. The average molecular weight is 159 g/mol. The topological polar surface area (TPSA) is 38.7 Å². The summed E-state index contributed by atoms with van der Waals surface area (Å²) in [6.45, 7) is 4.02. The quantitative estimate of drug-likeness (QED) is 0.586. The van der Waals surface area contributed by atoms with E-state index in [9.17, 15) is 0 Å². The molecule has 0 bridgehead atoms. The summed E-state index contributed by atoms with van der Waals surface area (Å²) >= 11 is 0. The Morgan fingerprint density at radius 2 is 2.00 bits per heavy atom. The zero-order valence-electron chi connectivity index (χ0n) is 7.07. The highest BCUT2D eigenvalue weighted by Gasteiger charge is 1.98. The Morgan fingerprint density at radius 1 is 1.17 bits per heavy atom. The van der Waals surface area contributed by atoms with Crippen molar-refractivity contribution in [3.05, 3.63) is 29.8 Å². The van der Waals surface area contributed by atoms with E-state index in [1.807, 2.05) is 19.9 Å². The molecule has 0 saturated carbocycles. The highest BCUT2D eigenvalue weighted by Crippen LogP contribution is 2.11. The van der Waals surface area contributed by atoms with Crippen molar-refractivity contribution < 1.29 is 0 Å². The second-order valence-electron chi connectivity index (χ2n) is 2.82. The Balaban J connectivity index is 2.84. The van der Waals surface area contributed by atoms with E-state index in [-0.39, 0.29) is 0 Å². The Kier molecular flexibility index (Phi) is 1.50. The molecule has 2 heterocycles. The van der Waals surface area contributed by atoms with Gasteiger partial charge in [0, 0.05) is 5.69 Å². The van der Waals surface area contributed by atoms with Crippen LogP contribution in [0.3, 0.4) is 0 Å². The van der Waals surface area contributed by atoms with Gasteiger partial charge in [-0.15, -0.1) is 0 Å². The number of fused-ring (bicyclic) bond motifs is 1. The number of aromatic nitrogens is 3. The number of rotatable bonds is 0. The molecule has 2 rings (SSSR count). The van der Waals surface area contributed by atoms with E-state index in [1.165, 1.54) is 5.56 Å². The number of nitrogens with zero attached hydrogens (tertiary/aromatic N) is 3. The van der Waals surface area contributed by atoms with Crippen molar-refractivity contribution in [2.75, 3.05) is 0 Å². The molecule has 2 aromatic heterocycles. The Hall–Kier alpha value is -1.51. The molecule has 3 nitrogen and oxygen atoms in total. The zero-order chi connectivity index (χ0) is 8.55. The molecule has 0 atom stereocenters. The molecular weight excluding hydrogens is 150 g/mol. The van der Waals surface area contributed by atoms with Gasteiger partial charge in [-0.25, -0.2) is 15.0 Å². The van der Waals surface area contributed by atoms with Crippen LogP contribution in [0.4, 0.5) is 0 Å². The van der Waals surface area contributed by atoms with Crippen molar-refractivity contribution in [1.82, 2.24) is 15.0 Å². The summed E-state index contributed by atoms with van der Waals surface area (Å²) in [7, 11) is 0. The van der Waals surface area contributed by atoms with Crippen LogP contribution in [-0.2, 0) is 0 Å². The predicted octanol–water partition coefficient (Wildman–Crippen LogP) is 1.64. The standard InChI is InChI=1S/C9H9N3/c1-6-3-8-9(12-7(6)2)4-10-5-11-8/h3-5H,1-2H3. The van der Waals surface area contributed by atoms with Crippen LogP contribution in [0.15, 0.2) is 18.6 Å². The molecule has 0 saturated heterocycles. The molecule has 12 heavy (non-hydrogen) atoms. The van der Waals surface area contributed by atoms with Crippen molar-refractivity contribution in [3.63, 3.8) is 0 Å². The molecule has 0 amide bonds. The molecule has 0 spiro atoms. The fourth-order valence-corrected chi connectivity index (χ4v) is 1.11. The average Bonchev–Trinajstić information content (AvgIpc) is 2.07. The summed E-state index contributed by atoms with van der Waals surface area (Å²) in [5.41, 5.74) is 3.98. The van der Waals surface area contributed by atoms with Crippen LogP contribution in [0.1, 0.15) is 11.3 Å². The fourth-order valence-electron chi connectivity index (χ4n) is 1.11. The van der Waals surface area contributed by atoms with E-state index in [0.29, 0.717) is 0 Å². The van der Waals surface area contributed by atoms with Gasteiger partial charge in [0.2, 0.25) is 0 Å². The van der Waals surface area contributed by atoms with Crippen LogP contribution >= 0.6 is 0 Å². The van der Waals surface area contributed by atoms with Gasteiger partial charge in [-0.05, 0) is 25.5 Å². The molecule has 60 valence electrons.